The Kier molecular flexibility index (Phi) is 13.7. The summed E-state index contributed by atoms with van der Waals surface area (Å²) in [5.74, 6) is 0. The van der Waals surface area contributed by atoms with Crippen LogP contribution in [0.1, 0.15) is 81.1 Å². The monoisotopic (exact) mass is 430 g/mol. The van der Waals surface area contributed by atoms with Crippen molar-refractivity contribution in [2.45, 2.75) is 104 Å². The molecular formula is C22H46N4O4. The predicted octanol–water partition coefficient (Wildman–Crippen LogP) is 3.55. The molecule has 4 N–H and O–H groups in total. The average Bonchev–Trinajstić information content (AvgIpc) is 2.52. The van der Waals surface area contributed by atoms with Crippen LogP contribution in [-0.4, -0.2) is 61.7 Å². The van der Waals surface area contributed by atoms with Crippen LogP contribution >= 0.6 is 0 Å². The minimum Gasteiger partial charge on any atom is -0.444 e. The molecule has 0 fully saturated rings. The first-order chi connectivity index (χ1) is 13.8. The number of nitrogens with one attached hydrogen (secondary N) is 4. The Bertz CT molecular complexity index is 443. The van der Waals surface area contributed by atoms with Crippen LogP contribution in [0.15, 0.2) is 0 Å². The Labute approximate surface area is 183 Å². The van der Waals surface area contributed by atoms with Crippen LogP contribution in [0.4, 0.5) is 9.59 Å². The molecule has 8 heteroatoms. The van der Waals surface area contributed by atoms with Gasteiger partial charge in [-0.15, -0.1) is 0 Å². The lowest BCUT2D eigenvalue weighted by atomic mass is 10.2. The first-order valence-corrected chi connectivity index (χ1v) is 11.2. The molecule has 8 nitrogen and oxygen atoms in total. The minimum absolute atomic E-state index is 0.0743. The van der Waals surface area contributed by atoms with Crippen molar-refractivity contribution in [2.24, 2.45) is 0 Å². The second kappa shape index (κ2) is 14.5. The number of alkyl carbamates (subject to hydrolysis) is 2. The van der Waals surface area contributed by atoms with Crippen LogP contribution in [0.5, 0.6) is 0 Å². The molecule has 0 saturated carbocycles. The van der Waals surface area contributed by atoms with Gasteiger partial charge in [0, 0.05) is 12.1 Å². The van der Waals surface area contributed by atoms with Gasteiger partial charge in [-0.05, 0) is 107 Å². The Morgan fingerprint density at radius 2 is 1.00 bits per heavy atom. The van der Waals surface area contributed by atoms with Gasteiger partial charge in [0.05, 0.1) is 0 Å². The molecule has 0 heterocycles. The minimum atomic E-state index is -0.470. The number of rotatable bonds is 13. The van der Waals surface area contributed by atoms with Gasteiger partial charge < -0.3 is 30.7 Å². The van der Waals surface area contributed by atoms with E-state index in [1.165, 1.54) is 0 Å². The maximum Gasteiger partial charge on any atom is 0.407 e. The van der Waals surface area contributed by atoms with E-state index in [2.05, 4.69) is 21.3 Å². The molecular weight excluding hydrogens is 384 g/mol. The quantitative estimate of drug-likeness (QED) is 0.333. The number of ether oxygens (including phenoxy) is 2. The van der Waals surface area contributed by atoms with Crippen molar-refractivity contribution in [1.29, 1.82) is 0 Å². The van der Waals surface area contributed by atoms with Gasteiger partial charge >= 0.3 is 12.2 Å². The second-order valence-corrected chi connectivity index (χ2v) is 9.88. The number of hydrogen-bond donors (Lipinski definition) is 4. The zero-order chi connectivity index (χ0) is 23.2. The van der Waals surface area contributed by atoms with Crippen LogP contribution in [0.25, 0.3) is 0 Å². The van der Waals surface area contributed by atoms with Crippen molar-refractivity contribution in [3.63, 3.8) is 0 Å². The highest BCUT2D eigenvalue weighted by molar-refractivity contribution is 5.68. The SMILES string of the molecule is C[C@H](CCNCCCCNCC[C@H](C)NC(=O)OC(C)(C)C)NC(=O)OC(C)(C)C. The molecule has 0 saturated heterocycles. The van der Waals surface area contributed by atoms with Crippen molar-refractivity contribution in [3.05, 3.63) is 0 Å². The maximum absolute atomic E-state index is 11.7. The Morgan fingerprint density at radius 3 is 1.30 bits per heavy atom. The molecule has 0 unspecified atom stereocenters. The molecule has 0 spiro atoms. The van der Waals surface area contributed by atoms with Gasteiger partial charge in [-0.2, -0.15) is 0 Å². The van der Waals surface area contributed by atoms with E-state index in [4.69, 9.17) is 9.47 Å². The van der Waals surface area contributed by atoms with E-state index in [0.717, 1.165) is 51.9 Å². The second-order valence-electron chi connectivity index (χ2n) is 9.88. The fourth-order valence-electron chi connectivity index (χ4n) is 2.55. The van der Waals surface area contributed by atoms with Crippen molar-refractivity contribution < 1.29 is 19.1 Å². The molecule has 0 aromatic carbocycles. The van der Waals surface area contributed by atoms with Gasteiger partial charge in [0.2, 0.25) is 0 Å². The Balaban J connectivity index is 3.54. The fraction of sp³-hybridized carbons (Fsp3) is 0.909. The van der Waals surface area contributed by atoms with Crippen molar-refractivity contribution >= 4 is 12.2 Å². The normalized spacial score (nSPS) is 14.0. The topological polar surface area (TPSA) is 101 Å². The van der Waals surface area contributed by atoms with Crippen molar-refractivity contribution in [1.82, 2.24) is 21.3 Å². The molecule has 0 bridgehead atoms. The molecule has 0 aromatic heterocycles. The molecule has 30 heavy (non-hydrogen) atoms. The van der Waals surface area contributed by atoms with Crippen LogP contribution in [-0.2, 0) is 9.47 Å². The number of hydrogen-bond acceptors (Lipinski definition) is 6. The highest BCUT2D eigenvalue weighted by atomic mass is 16.6. The molecule has 0 aromatic rings. The summed E-state index contributed by atoms with van der Waals surface area (Å²) in [6.45, 7) is 18.7. The van der Waals surface area contributed by atoms with E-state index in [1.807, 2.05) is 55.4 Å². The standard InChI is InChI=1S/C22H46N4O4/c1-17(25-19(27)29-21(3,4)5)11-15-23-13-9-10-14-24-16-12-18(2)26-20(28)30-22(6,7)8/h17-18,23-24H,9-16H2,1-8H3,(H,25,27)(H,26,28)/t17-,18+. The third kappa shape index (κ3) is 19.8. The smallest absolute Gasteiger partial charge is 0.407 e. The summed E-state index contributed by atoms with van der Waals surface area (Å²) < 4.78 is 10.5. The van der Waals surface area contributed by atoms with E-state index < -0.39 is 11.2 Å². The summed E-state index contributed by atoms with van der Waals surface area (Å²) in [5, 5.41) is 12.5. The third-order valence-electron chi connectivity index (χ3n) is 3.99. The van der Waals surface area contributed by atoms with Gasteiger partial charge in [-0.3, -0.25) is 0 Å². The Hall–Kier alpha value is -1.54. The predicted molar refractivity (Wildman–Crippen MR) is 122 cm³/mol. The molecule has 0 aliphatic rings. The summed E-state index contributed by atoms with van der Waals surface area (Å²) in [6.07, 6.45) is 3.17. The van der Waals surface area contributed by atoms with E-state index in [-0.39, 0.29) is 24.3 Å². The van der Waals surface area contributed by atoms with Crippen LogP contribution in [0, 0.1) is 0 Å². The van der Waals surface area contributed by atoms with Gasteiger partial charge in [0.1, 0.15) is 11.2 Å². The summed E-state index contributed by atoms with van der Waals surface area (Å²) in [5.41, 5.74) is -0.939. The van der Waals surface area contributed by atoms with E-state index in [0.29, 0.717) is 0 Å². The first kappa shape index (κ1) is 28.5. The van der Waals surface area contributed by atoms with Gasteiger partial charge in [-0.25, -0.2) is 9.59 Å². The van der Waals surface area contributed by atoms with Crippen LogP contribution in [0.3, 0.4) is 0 Å². The number of unbranched alkanes of at least 4 members (excludes halogenated alkanes) is 1. The largest absolute Gasteiger partial charge is 0.444 e. The zero-order valence-corrected chi connectivity index (χ0v) is 20.4. The molecule has 0 aliphatic carbocycles. The number of carbonyl (C=O) groups is 2. The zero-order valence-electron chi connectivity index (χ0n) is 20.4. The highest BCUT2D eigenvalue weighted by Gasteiger charge is 2.18. The third-order valence-corrected chi connectivity index (χ3v) is 3.99. The van der Waals surface area contributed by atoms with Crippen molar-refractivity contribution in [2.75, 3.05) is 26.2 Å². The van der Waals surface area contributed by atoms with Gasteiger partial charge in [-0.1, -0.05) is 0 Å². The van der Waals surface area contributed by atoms with Crippen LogP contribution < -0.4 is 21.3 Å². The lowest BCUT2D eigenvalue weighted by molar-refractivity contribution is 0.0494. The van der Waals surface area contributed by atoms with E-state index >= 15 is 0 Å². The van der Waals surface area contributed by atoms with Gasteiger partial charge in [0.25, 0.3) is 0 Å². The highest BCUT2D eigenvalue weighted by Crippen LogP contribution is 2.07. The molecule has 2 atom stereocenters. The molecule has 0 aliphatic heterocycles. The lowest BCUT2D eigenvalue weighted by Crippen LogP contribution is -2.39. The average molecular weight is 431 g/mol. The fourth-order valence-corrected chi connectivity index (χ4v) is 2.55. The summed E-state index contributed by atoms with van der Waals surface area (Å²) in [7, 11) is 0. The molecule has 0 radical (unpaired) electrons. The molecule has 2 amide bonds. The van der Waals surface area contributed by atoms with E-state index in [9.17, 15) is 9.59 Å². The maximum atomic E-state index is 11.7. The molecule has 0 rings (SSSR count). The summed E-state index contributed by atoms with van der Waals surface area (Å²) >= 11 is 0. The lowest BCUT2D eigenvalue weighted by Gasteiger charge is -2.22. The molecule has 178 valence electrons. The first-order valence-electron chi connectivity index (χ1n) is 11.2. The van der Waals surface area contributed by atoms with E-state index in [1.54, 1.807) is 0 Å². The summed E-state index contributed by atoms with van der Waals surface area (Å²) in [6, 6.07) is 0.149. The van der Waals surface area contributed by atoms with Crippen LogP contribution in [0.2, 0.25) is 0 Å². The van der Waals surface area contributed by atoms with Crippen molar-refractivity contribution in [3.8, 4) is 0 Å². The van der Waals surface area contributed by atoms with Gasteiger partial charge in [0.15, 0.2) is 0 Å². The number of amides is 2. The number of carbonyl (C=O) groups excluding carboxylic acids is 2. The Morgan fingerprint density at radius 1 is 0.667 bits per heavy atom. The summed E-state index contributed by atoms with van der Waals surface area (Å²) in [4.78, 5) is 23.4.